The smallest absolute Gasteiger partial charge is 0.227 e. The van der Waals surface area contributed by atoms with E-state index in [1.165, 1.54) is 0 Å². The zero-order valence-corrected chi connectivity index (χ0v) is 15.2. The van der Waals surface area contributed by atoms with Crippen molar-refractivity contribution in [2.24, 2.45) is 11.1 Å². The van der Waals surface area contributed by atoms with Crippen molar-refractivity contribution in [2.75, 3.05) is 20.2 Å². The minimum atomic E-state index is -0.472. The van der Waals surface area contributed by atoms with Gasteiger partial charge in [-0.3, -0.25) is 4.79 Å². The fourth-order valence-corrected chi connectivity index (χ4v) is 2.30. The number of amides is 1. The molecule has 0 radical (unpaired) electrons. The summed E-state index contributed by atoms with van der Waals surface area (Å²) in [6.07, 6.45) is 1.35. The maximum Gasteiger partial charge on any atom is 0.227 e. The minimum absolute atomic E-state index is 0. The second-order valence-electron chi connectivity index (χ2n) is 5.51. The number of rotatable bonds is 9. The summed E-state index contributed by atoms with van der Waals surface area (Å²) >= 11 is 0. The van der Waals surface area contributed by atoms with Gasteiger partial charge in [0.1, 0.15) is 17.6 Å². The lowest BCUT2D eigenvalue weighted by molar-refractivity contribution is -0.131. The zero-order valence-electron chi connectivity index (χ0n) is 14.4. The standard InChI is InChI=1S/C17H28N2O3.ClH/c1-5-17(6-2,12-18)16(20)19-11-13(3)22-15-9-7-14(21-4)8-10-15;/h7-10,13H,5-6,11-12,18H2,1-4H3,(H,19,20);1H. The van der Waals surface area contributed by atoms with Crippen molar-refractivity contribution in [3.8, 4) is 11.5 Å². The highest BCUT2D eigenvalue weighted by atomic mass is 35.5. The van der Waals surface area contributed by atoms with Crippen LogP contribution in [0.4, 0.5) is 0 Å². The number of hydrogen-bond acceptors (Lipinski definition) is 4. The van der Waals surface area contributed by atoms with Crippen molar-refractivity contribution >= 4 is 18.3 Å². The van der Waals surface area contributed by atoms with Crippen LogP contribution in [0.1, 0.15) is 33.6 Å². The highest BCUT2D eigenvalue weighted by Gasteiger charge is 2.33. The first kappa shape index (κ1) is 21.5. The number of benzene rings is 1. The summed E-state index contributed by atoms with van der Waals surface area (Å²) < 4.78 is 10.9. The molecule has 0 aliphatic rings. The van der Waals surface area contributed by atoms with Gasteiger partial charge < -0.3 is 20.5 Å². The number of nitrogens with one attached hydrogen (secondary N) is 1. The third-order valence-electron chi connectivity index (χ3n) is 4.17. The van der Waals surface area contributed by atoms with Gasteiger partial charge in [-0.15, -0.1) is 12.4 Å². The molecule has 0 saturated carbocycles. The van der Waals surface area contributed by atoms with E-state index in [0.29, 0.717) is 13.1 Å². The van der Waals surface area contributed by atoms with Crippen molar-refractivity contribution in [1.29, 1.82) is 0 Å². The normalized spacial score (nSPS) is 12.0. The number of methoxy groups -OCH3 is 1. The van der Waals surface area contributed by atoms with Gasteiger partial charge in [0, 0.05) is 6.54 Å². The fraction of sp³-hybridized carbons (Fsp3) is 0.588. The molecule has 0 heterocycles. The Balaban J connectivity index is 0.00000484. The lowest BCUT2D eigenvalue weighted by atomic mass is 9.81. The molecular weight excluding hydrogens is 316 g/mol. The summed E-state index contributed by atoms with van der Waals surface area (Å²) in [4.78, 5) is 12.3. The monoisotopic (exact) mass is 344 g/mol. The van der Waals surface area contributed by atoms with Crippen LogP contribution in [0.2, 0.25) is 0 Å². The van der Waals surface area contributed by atoms with E-state index in [4.69, 9.17) is 15.2 Å². The SMILES string of the molecule is CCC(CC)(CN)C(=O)NCC(C)Oc1ccc(OC)cc1.Cl. The topological polar surface area (TPSA) is 73.6 Å². The second kappa shape index (κ2) is 10.3. The molecule has 1 rings (SSSR count). The van der Waals surface area contributed by atoms with Gasteiger partial charge in [-0.05, 0) is 44.0 Å². The van der Waals surface area contributed by atoms with E-state index in [1.54, 1.807) is 7.11 Å². The Bertz CT molecular complexity index is 453. The van der Waals surface area contributed by atoms with Crippen molar-refractivity contribution in [3.05, 3.63) is 24.3 Å². The summed E-state index contributed by atoms with van der Waals surface area (Å²) in [5.41, 5.74) is 5.31. The van der Waals surface area contributed by atoms with E-state index in [1.807, 2.05) is 45.0 Å². The lowest BCUT2D eigenvalue weighted by Gasteiger charge is -2.29. The average Bonchev–Trinajstić information content (AvgIpc) is 2.56. The summed E-state index contributed by atoms with van der Waals surface area (Å²) in [6, 6.07) is 7.38. The molecule has 132 valence electrons. The molecule has 23 heavy (non-hydrogen) atoms. The molecule has 0 fully saturated rings. The molecule has 0 aromatic heterocycles. The molecule has 1 atom stereocenters. The van der Waals surface area contributed by atoms with Gasteiger partial charge >= 0.3 is 0 Å². The Hall–Kier alpha value is -1.46. The van der Waals surface area contributed by atoms with Crippen molar-refractivity contribution < 1.29 is 14.3 Å². The van der Waals surface area contributed by atoms with Crippen molar-refractivity contribution in [1.82, 2.24) is 5.32 Å². The first-order chi connectivity index (χ1) is 10.5. The number of halogens is 1. The van der Waals surface area contributed by atoms with E-state index >= 15 is 0 Å². The third kappa shape index (κ3) is 5.92. The van der Waals surface area contributed by atoms with E-state index in [-0.39, 0.29) is 24.4 Å². The highest BCUT2D eigenvalue weighted by Crippen LogP contribution is 2.25. The molecular formula is C17H29ClN2O3. The number of nitrogens with two attached hydrogens (primary N) is 1. The van der Waals surface area contributed by atoms with Crippen LogP contribution in [0.5, 0.6) is 11.5 Å². The van der Waals surface area contributed by atoms with Crippen LogP contribution in [0, 0.1) is 5.41 Å². The van der Waals surface area contributed by atoms with Gasteiger partial charge in [0.25, 0.3) is 0 Å². The molecule has 0 aliphatic carbocycles. The van der Waals surface area contributed by atoms with Gasteiger partial charge in [-0.2, -0.15) is 0 Å². The van der Waals surface area contributed by atoms with E-state index in [0.717, 1.165) is 24.3 Å². The molecule has 3 N–H and O–H groups in total. The Morgan fingerprint density at radius 3 is 2.17 bits per heavy atom. The summed E-state index contributed by atoms with van der Waals surface area (Å²) in [6.45, 7) is 6.72. The molecule has 0 saturated heterocycles. The Morgan fingerprint density at radius 2 is 1.74 bits per heavy atom. The largest absolute Gasteiger partial charge is 0.497 e. The van der Waals surface area contributed by atoms with Gasteiger partial charge in [0.15, 0.2) is 0 Å². The number of ether oxygens (including phenoxy) is 2. The summed E-state index contributed by atoms with van der Waals surface area (Å²) in [5, 5.41) is 2.95. The van der Waals surface area contributed by atoms with Crippen molar-refractivity contribution in [3.63, 3.8) is 0 Å². The van der Waals surface area contributed by atoms with Crippen LogP contribution >= 0.6 is 12.4 Å². The quantitative estimate of drug-likeness (QED) is 0.722. The Kier molecular flexibility index (Phi) is 9.68. The number of hydrogen-bond donors (Lipinski definition) is 2. The number of carbonyl (C=O) groups excluding carboxylic acids is 1. The predicted octanol–water partition coefficient (Wildman–Crippen LogP) is 2.77. The van der Waals surface area contributed by atoms with Gasteiger partial charge in [0.2, 0.25) is 5.91 Å². The highest BCUT2D eigenvalue weighted by molar-refractivity contribution is 5.85. The molecule has 1 aromatic rings. The van der Waals surface area contributed by atoms with E-state index < -0.39 is 5.41 Å². The fourth-order valence-electron chi connectivity index (χ4n) is 2.30. The first-order valence-corrected chi connectivity index (χ1v) is 7.80. The van der Waals surface area contributed by atoms with Crippen LogP contribution < -0.4 is 20.5 Å². The first-order valence-electron chi connectivity index (χ1n) is 7.80. The second-order valence-corrected chi connectivity index (χ2v) is 5.51. The summed E-state index contributed by atoms with van der Waals surface area (Å²) in [5.74, 6) is 1.54. The molecule has 0 aliphatic heterocycles. The maximum atomic E-state index is 12.3. The van der Waals surface area contributed by atoms with Crippen LogP contribution in [-0.4, -0.2) is 32.2 Å². The van der Waals surface area contributed by atoms with E-state index in [9.17, 15) is 4.79 Å². The van der Waals surface area contributed by atoms with E-state index in [2.05, 4.69) is 5.32 Å². The van der Waals surface area contributed by atoms with Gasteiger partial charge in [0.05, 0.1) is 19.1 Å². The Morgan fingerprint density at radius 1 is 1.22 bits per heavy atom. The predicted molar refractivity (Wildman–Crippen MR) is 95.4 cm³/mol. The third-order valence-corrected chi connectivity index (χ3v) is 4.17. The molecule has 0 spiro atoms. The molecule has 5 nitrogen and oxygen atoms in total. The maximum absolute atomic E-state index is 12.3. The van der Waals surface area contributed by atoms with Gasteiger partial charge in [-0.25, -0.2) is 0 Å². The Labute approximate surface area is 145 Å². The van der Waals surface area contributed by atoms with Crippen LogP contribution in [0.15, 0.2) is 24.3 Å². The molecule has 1 amide bonds. The van der Waals surface area contributed by atoms with Crippen molar-refractivity contribution in [2.45, 2.75) is 39.7 Å². The van der Waals surface area contributed by atoms with Crippen LogP contribution in [0.25, 0.3) is 0 Å². The molecule has 1 aromatic carbocycles. The zero-order chi connectivity index (χ0) is 16.6. The number of carbonyl (C=O) groups is 1. The molecule has 1 unspecified atom stereocenters. The minimum Gasteiger partial charge on any atom is -0.497 e. The average molecular weight is 345 g/mol. The molecule has 6 heteroatoms. The molecule has 0 bridgehead atoms. The van der Waals surface area contributed by atoms with Crippen LogP contribution in [-0.2, 0) is 4.79 Å². The lowest BCUT2D eigenvalue weighted by Crippen LogP contribution is -2.47. The summed E-state index contributed by atoms with van der Waals surface area (Å²) in [7, 11) is 1.62. The van der Waals surface area contributed by atoms with Gasteiger partial charge in [-0.1, -0.05) is 13.8 Å². The van der Waals surface area contributed by atoms with Crippen LogP contribution in [0.3, 0.4) is 0 Å².